The molecule has 7 heteroatoms. The zero-order valence-corrected chi connectivity index (χ0v) is 36.1. The Kier molecular flexibility index (Phi) is 14.6. The van der Waals surface area contributed by atoms with Crippen molar-refractivity contribution in [2.24, 2.45) is 0 Å². The van der Waals surface area contributed by atoms with Crippen molar-refractivity contribution in [3.05, 3.63) is 214 Å². The van der Waals surface area contributed by atoms with Gasteiger partial charge in [0.25, 0.3) is 0 Å². The van der Waals surface area contributed by atoms with E-state index in [1.54, 1.807) is 0 Å². The number of hydrogen-bond donors (Lipinski definition) is 1. The molecule has 7 rings (SSSR count). The van der Waals surface area contributed by atoms with Gasteiger partial charge in [-0.05, 0) is 70.5 Å². The van der Waals surface area contributed by atoms with Gasteiger partial charge in [-0.1, -0.05) is 171 Å². The van der Waals surface area contributed by atoms with Gasteiger partial charge >= 0.3 is 0 Å². The fraction of sp³-hybridized carbons (Fsp3) is 0.283. The first-order valence-corrected chi connectivity index (χ1v) is 24.3. The highest BCUT2D eigenvalue weighted by molar-refractivity contribution is 6.83. The first-order chi connectivity index (χ1) is 29.1. The zero-order chi connectivity index (χ0) is 41.8. The quantitative estimate of drug-likeness (QED) is 0.0775. The van der Waals surface area contributed by atoms with Crippen LogP contribution in [-0.2, 0) is 62.3 Å². The summed E-state index contributed by atoms with van der Waals surface area (Å²) in [4.78, 5) is 0. The number of rotatable bonds is 16. The molecule has 60 heavy (non-hydrogen) atoms. The summed E-state index contributed by atoms with van der Waals surface area (Å²) in [6.45, 7) is 10.1. The van der Waals surface area contributed by atoms with Crippen LogP contribution in [0.2, 0.25) is 19.6 Å². The largest absolute Gasteiger partial charge is 0.374 e. The van der Waals surface area contributed by atoms with Crippen LogP contribution < -0.4 is 0 Å². The van der Waals surface area contributed by atoms with E-state index in [1.807, 2.05) is 133 Å². The fourth-order valence-electron chi connectivity index (χ4n) is 7.36. The van der Waals surface area contributed by atoms with Crippen molar-refractivity contribution in [2.45, 2.75) is 89.6 Å². The van der Waals surface area contributed by atoms with Gasteiger partial charge in [-0.3, -0.25) is 0 Å². The molecule has 1 fully saturated rings. The Morgan fingerprint density at radius 1 is 0.583 bits per heavy atom. The predicted octanol–water partition coefficient (Wildman–Crippen LogP) is 10.3. The maximum absolute atomic E-state index is 13.3. The van der Waals surface area contributed by atoms with Gasteiger partial charge < -0.3 is 28.8 Å². The highest BCUT2D eigenvalue weighted by Crippen LogP contribution is 2.42. The Morgan fingerprint density at radius 2 is 1.08 bits per heavy atom. The average molecular weight is 817 g/mol. The summed E-state index contributed by atoms with van der Waals surface area (Å²) in [5.41, 5.74) is 12.3. The van der Waals surface area contributed by atoms with Gasteiger partial charge in [0.15, 0.2) is 0 Å². The summed E-state index contributed by atoms with van der Waals surface area (Å²) < 4.78 is 34.0. The zero-order valence-electron chi connectivity index (χ0n) is 35.1. The molecular formula is C53H56O6Si. The first kappa shape index (κ1) is 43.0. The average Bonchev–Trinajstić information content (AvgIpc) is 3.26. The number of hydrogen-bond acceptors (Lipinski definition) is 6. The smallest absolute Gasteiger partial charge is 0.222 e. The second kappa shape index (κ2) is 20.4. The van der Waals surface area contributed by atoms with Crippen molar-refractivity contribution in [3.63, 3.8) is 0 Å². The minimum atomic E-state index is -1.96. The standard InChI is InChI=1S/C53H56O6Si/c1-40-25-30-48(34-47(40)33-42-28-26-41(27-29-42)31-32-60(2,3)4)53(54)52(58-38-46-23-15-8-16-24-46)51(57-37-45-21-13-7-14-22-45)50(56-36-44-19-11-6-12-20-44)49(59-53)39-55-35-43-17-9-5-10-18-43/h5-30,34,49-52,54H,33,35-39H2,1-4H3/t49-,50-,51+,52-,53+/m1/s1. The van der Waals surface area contributed by atoms with Crippen LogP contribution in [0.5, 0.6) is 0 Å². The van der Waals surface area contributed by atoms with Gasteiger partial charge in [-0.25, -0.2) is 0 Å². The number of aliphatic hydroxyl groups is 1. The van der Waals surface area contributed by atoms with Gasteiger partial charge in [0.1, 0.15) is 32.5 Å². The van der Waals surface area contributed by atoms with Crippen LogP contribution in [-0.4, -0.2) is 44.2 Å². The molecule has 6 aromatic carbocycles. The van der Waals surface area contributed by atoms with Crippen molar-refractivity contribution in [1.82, 2.24) is 0 Å². The molecule has 0 amide bonds. The third-order valence-corrected chi connectivity index (χ3v) is 11.5. The Balaban J connectivity index is 1.27. The Labute approximate surface area is 357 Å². The molecule has 6 aromatic rings. The maximum atomic E-state index is 13.3. The molecule has 0 unspecified atom stereocenters. The van der Waals surface area contributed by atoms with E-state index in [2.05, 4.69) is 68.4 Å². The van der Waals surface area contributed by atoms with E-state index in [-0.39, 0.29) is 19.8 Å². The van der Waals surface area contributed by atoms with E-state index in [1.165, 1.54) is 0 Å². The second-order valence-electron chi connectivity index (χ2n) is 16.6. The maximum Gasteiger partial charge on any atom is 0.222 e. The molecule has 0 spiro atoms. The van der Waals surface area contributed by atoms with Crippen LogP contribution >= 0.6 is 0 Å². The lowest BCUT2D eigenvalue weighted by Gasteiger charge is -2.50. The van der Waals surface area contributed by atoms with Crippen LogP contribution in [0.25, 0.3) is 0 Å². The van der Waals surface area contributed by atoms with E-state index in [9.17, 15) is 5.11 Å². The molecule has 0 aliphatic carbocycles. The van der Waals surface area contributed by atoms with Crippen molar-refractivity contribution in [3.8, 4) is 11.5 Å². The third kappa shape index (κ3) is 11.8. The van der Waals surface area contributed by atoms with E-state index in [4.69, 9.17) is 23.7 Å². The first-order valence-electron chi connectivity index (χ1n) is 20.8. The Morgan fingerprint density at radius 3 is 1.62 bits per heavy atom. The van der Waals surface area contributed by atoms with Crippen molar-refractivity contribution in [1.29, 1.82) is 0 Å². The summed E-state index contributed by atoms with van der Waals surface area (Å²) in [5, 5.41) is 13.3. The molecule has 1 saturated heterocycles. The monoisotopic (exact) mass is 816 g/mol. The van der Waals surface area contributed by atoms with E-state index >= 15 is 0 Å². The SMILES string of the molecule is Cc1ccc([C@]2(O)O[C@H](COCc3ccccc3)[C@@H](OCc3ccccc3)[C@H](OCc3ccccc3)[C@H]2OCc2ccccc2)cc1Cc1ccc(C#C[Si](C)(C)C)cc1. The summed E-state index contributed by atoms with van der Waals surface area (Å²) in [6, 6.07) is 54.6. The summed E-state index contributed by atoms with van der Waals surface area (Å²) in [6.07, 6.45) is -2.55. The van der Waals surface area contributed by atoms with Crippen molar-refractivity contribution in [2.75, 3.05) is 6.61 Å². The lowest BCUT2D eigenvalue weighted by atomic mass is 9.85. The fourth-order valence-corrected chi connectivity index (χ4v) is 7.88. The summed E-state index contributed by atoms with van der Waals surface area (Å²) in [7, 11) is -1.50. The minimum Gasteiger partial charge on any atom is -0.374 e. The topological polar surface area (TPSA) is 66.4 Å². The van der Waals surface area contributed by atoms with Crippen LogP contribution in [0.3, 0.4) is 0 Å². The van der Waals surface area contributed by atoms with Gasteiger partial charge in [-0.15, -0.1) is 5.54 Å². The Hall–Kier alpha value is -5.14. The number of aryl methyl sites for hydroxylation is 1. The van der Waals surface area contributed by atoms with Gasteiger partial charge in [0, 0.05) is 11.1 Å². The Bertz CT molecular complexity index is 2290. The molecule has 0 bridgehead atoms. The van der Waals surface area contributed by atoms with Crippen molar-refractivity contribution >= 4 is 8.07 Å². The van der Waals surface area contributed by atoms with Crippen LogP contribution in [0.4, 0.5) is 0 Å². The molecular weight excluding hydrogens is 761 g/mol. The molecule has 308 valence electrons. The predicted molar refractivity (Wildman–Crippen MR) is 241 cm³/mol. The highest BCUT2D eigenvalue weighted by atomic mass is 28.3. The van der Waals surface area contributed by atoms with Gasteiger partial charge in [-0.2, -0.15) is 0 Å². The van der Waals surface area contributed by atoms with E-state index in [0.717, 1.165) is 44.5 Å². The van der Waals surface area contributed by atoms with Gasteiger partial charge in [0.2, 0.25) is 5.79 Å². The molecule has 0 saturated carbocycles. The lowest BCUT2D eigenvalue weighted by molar-refractivity contribution is -0.378. The van der Waals surface area contributed by atoms with E-state index in [0.29, 0.717) is 25.2 Å². The van der Waals surface area contributed by atoms with Crippen LogP contribution in [0, 0.1) is 18.4 Å². The third-order valence-electron chi connectivity index (χ3n) is 10.6. The summed E-state index contributed by atoms with van der Waals surface area (Å²) in [5.74, 6) is 1.41. The van der Waals surface area contributed by atoms with Gasteiger partial charge in [0.05, 0.1) is 33.0 Å². The molecule has 5 atom stereocenters. The number of benzene rings is 6. The van der Waals surface area contributed by atoms with E-state index < -0.39 is 38.3 Å². The summed E-state index contributed by atoms with van der Waals surface area (Å²) >= 11 is 0. The molecule has 0 radical (unpaired) electrons. The second-order valence-corrected chi connectivity index (χ2v) is 21.4. The van der Waals surface area contributed by atoms with Crippen LogP contribution in [0.1, 0.15) is 50.1 Å². The normalized spacial score (nSPS) is 20.3. The van der Waals surface area contributed by atoms with Crippen LogP contribution in [0.15, 0.2) is 164 Å². The minimum absolute atomic E-state index is 0.138. The molecule has 1 aliphatic rings. The number of ether oxygens (including phenoxy) is 5. The lowest BCUT2D eigenvalue weighted by Crippen LogP contribution is -2.65. The molecule has 1 aliphatic heterocycles. The van der Waals surface area contributed by atoms with Crippen molar-refractivity contribution < 1.29 is 28.8 Å². The molecule has 1 N–H and O–H groups in total. The molecule has 6 nitrogen and oxygen atoms in total. The molecule has 0 aromatic heterocycles. The highest BCUT2D eigenvalue weighted by Gasteiger charge is 2.57. The molecule has 1 heterocycles.